The van der Waals surface area contributed by atoms with Gasteiger partial charge in [-0.15, -0.1) is 0 Å². The molecule has 1 heterocycles. The first-order valence-corrected chi connectivity index (χ1v) is 13.5. The third-order valence-electron chi connectivity index (χ3n) is 6.66. The number of aliphatic imine (C=N–C) groups is 1. The Balaban J connectivity index is 1.88. The van der Waals surface area contributed by atoms with E-state index in [1.807, 2.05) is 36.3 Å². The molecule has 1 saturated heterocycles. The van der Waals surface area contributed by atoms with Gasteiger partial charge in [0, 0.05) is 62.5 Å². The molecule has 3 rings (SSSR count). The average Bonchev–Trinajstić information content (AvgIpc) is 2.91. The minimum absolute atomic E-state index is 0.252. The fourth-order valence-electron chi connectivity index (χ4n) is 4.64. The van der Waals surface area contributed by atoms with Gasteiger partial charge in [-0.2, -0.15) is 0 Å². The topological polar surface area (TPSA) is 34.1 Å². The summed E-state index contributed by atoms with van der Waals surface area (Å²) in [4.78, 5) is 9.08. The number of piperazine rings is 1. The van der Waals surface area contributed by atoms with E-state index >= 15 is 0 Å². The fraction of sp³-hybridized carbons (Fsp3) is 0.344. The van der Waals surface area contributed by atoms with E-state index in [1.165, 1.54) is 16.8 Å². The summed E-state index contributed by atoms with van der Waals surface area (Å²) in [5, 5.41) is 1.89. The van der Waals surface area contributed by atoms with Crippen LogP contribution in [0, 0.1) is 6.92 Å². The summed E-state index contributed by atoms with van der Waals surface area (Å²) < 4.78 is 25.7. The van der Waals surface area contributed by atoms with Crippen molar-refractivity contribution in [1.82, 2.24) is 14.8 Å². The highest BCUT2D eigenvalue weighted by Gasteiger charge is 2.19. The van der Waals surface area contributed by atoms with Crippen LogP contribution in [-0.2, 0) is 6.42 Å². The number of benzene rings is 2. The molecule has 2 aromatic carbocycles. The largest absolute Gasteiger partial charge is 0.369 e. The zero-order valence-electron chi connectivity index (χ0n) is 23.6. The van der Waals surface area contributed by atoms with Crippen LogP contribution in [0.1, 0.15) is 42.5 Å². The Kier molecular flexibility index (Phi) is 11.5. The molecule has 208 valence electrons. The summed E-state index contributed by atoms with van der Waals surface area (Å²) in [6.45, 7) is 14.1. The Morgan fingerprint density at radius 3 is 2.44 bits per heavy atom. The Hall–Kier alpha value is -3.71. The van der Waals surface area contributed by atoms with Gasteiger partial charge < -0.3 is 9.80 Å². The summed E-state index contributed by atoms with van der Waals surface area (Å²) in [6.07, 6.45) is 9.40. The van der Waals surface area contributed by atoms with Crippen LogP contribution in [0.3, 0.4) is 0 Å². The summed E-state index contributed by atoms with van der Waals surface area (Å²) in [6, 6.07) is 13.7. The zero-order chi connectivity index (χ0) is 28.2. The predicted molar refractivity (Wildman–Crippen MR) is 162 cm³/mol. The van der Waals surface area contributed by atoms with Crippen LogP contribution in [-0.4, -0.2) is 60.7 Å². The van der Waals surface area contributed by atoms with Crippen LogP contribution in [0.4, 0.5) is 14.5 Å². The molecule has 0 bridgehead atoms. The van der Waals surface area contributed by atoms with Crippen LogP contribution in [0.25, 0.3) is 11.4 Å². The molecular formula is C32H41F2N5. The molecule has 1 fully saturated rings. The number of rotatable bonds is 12. The second-order valence-electron chi connectivity index (χ2n) is 9.60. The Labute approximate surface area is 232 Å². The van der Waals surface area contributed by atoms with E-state index in [0.29, 0.717) is 5.56 Å². The average molecular weight is 534 g/mol. The van der Waals surface area contributed by atoms with Gasteiger partial charge in [-0.25, -0.2) is 8.78 Å². The summed E-state index contributed by atoms with van der Waals surface area (Å²) >= 11 is 0. The first-order chi connectivity index (χ1) is 18.9. The van der Waals surface area contributed by atoms with Gasteiger partial charge in [-0.1, -0.05) is 62.1 Å². The standard InChI is InChI=1S/C32H41F2N5/c1-6-9-31(38-21-19-37(5)20-22-38)29-15-14-28(23-25(29)4)36-39(18-17-35-16-7-2)30(8-3)27-12-10-26(11-13-27)24-32(33)34/h7-18,23,32,36H,2,6,19-22,24H2,1,3-5H3/b18-17-,30-8-,31-9-,35-16?. The third-order valence-corrected chi connectivity index (χ3v) is 6.66. The lowest BCUT2D eigenvalue weighted by Crippen LogP contribution is -2.43. The molecule has 0 saturated carbocycles. The number of alkyl halides is 2. The lowest BCUT2D eigenvalue weighted by molar-refractivity contribution is 0.149. The molecule has 0 aromatic heterocycles. The van der Waals surface area contributed by atoms with E-state index in [-0.39, 0.29) is 6.42 Å². The molecule has 1 aliphatic rings. The molecule has 0 atom stereocenters. The Bertz CT molecular complexity index is 1190. The van der Waals surface area contributed by atoms with Gasteiger partial charge in [-0.3, -0.25) is 15.4 Å². The van der Waals surface area contributed by atoms with E-state index < -0.39 is 6.43 Å². The number of likely N-dealkylation sites (N-methyl/N-ethyl adjacent to an activating group) is 1. The highest BCUT2D eigenvalue weighted by atomic mass is 19.3. The first-order valence-electron chi connectivity index (χ1n) is 13.5. The number of anilines is 1. The maximum absolute atomic E-state index is 12.8. The number of nitrogens with zero attached hydrogens (tertiary/aromatic N) is 4. The molecule has 0 unspecified atom stereocenters. The van der Waals surface area contributed by atoms with Gasteiger partial charge >= 0.3 is 0 Å². The molecule has 0 aliphatic carbocycles. The lowest BCUT2D eigenvalue weighted by Gasteiger charge is -2.36. The molecule has 2 aromatic rings. The fourth-order valence-corrected chi connectivity index (χ4v) is 4.64. The van der Waals surface area contributed by atoms with Crippen molar-refractivity contribution in [3.8, 4) is 0 Å². The number of hydrazine groups is 1. The zero-order valence-corrected chi connectivity index (χ0v) is 23.6. The number of allylic oxidation sites excluding steroid dienone is 3. The highest BCUT2D eigenvalue weighted by molar-refractivity contribution is 5.72. The monoisotopic (exact) mass is 533 g/mol. The highest BCUT2D eigenvalue weighted by Crippen LogP contribution is 2.28. The van der Waals surface area contributed by atoms with E-state index in [9.17, 15) is 8.78 Å². The molecule has 39 heavy (non-hydrogen) atoms. The van der Waals surface area contributed by atoms with Crippen molar-refractivity contribution < 1.29 is 8.78 Å². The van der Waals surface area contributed by atoms with E-state index in [0.717, 1.165) is 49.5 Å². The molecule has 7 heteroatoms. The smallest absolute Gasteiger partial charge is 0.242 e. The van der Waals surface area contributed by atoms with Crippen molar-refractivity contribution in [3.63, 3.8) is 0 Å². The number of hydrogen-bond donors (Lipinski definition) is 1. The predicted octanol–water partition coefficient (Wildman–Crippen LogP) is 7.22. The Morgan fingerprint density at radius 1 is 1.13 bits per heavy atom. The van der Waals surface area contributed by atoms with Crippen LogP contribution < -0.4 is 5.43 Å². The SMILES string of the molecule is C=CC=N/C=C\N(Nc1ccc(/C(=C/CC)N2CCN(C)CC2)c(C)c1)/C(=C\C)c1ccc(CC(F)F)cc1. The molecule has 0 spiro atoms. The van der Waals surface area contributed by atoms with Gasteiger partial charge in [0.1, 0.15) is 0 Å². The maximum atomic E-state index is 12.8. The van der Waals surface area contributed by atoms with Crippen molar-refractivity contribution in [2.75, 3.05) is 38.7 Å². The summed E-state index contributed by atoms with van der Waals surface area (Å²) in [5.74, 6) is 0. The molecule has 1 aliphatic heterocycles. The first kappa shape index (κ1) is 29.8. The minimum atomic E-state index is -2.36. The quantitative estimate of drug-likeness (QED) is 0.231. The van der Waals surface area contributed by atoms with Crippen molar-refractivity contribution in [2.45, 2.75) is 40.0 Å². The van der Waals surface area contributed by atoms with Crippen LogP contribution >= 0.6 is 0 Å². The second kappa shape index (κ2) is 15.0. The molecule has 0 amide bonds. The van der Waals surface area contributed by atoms with E-state index in [1.54, 1.807) is 30.6 Å². The van der Waals surface area contributed by atoms with Crippen LogP contribution in [0.15, 0.2) is 84.7 Å². The lowest BCUT2D eigenvalue weighted by atomic mass is 10.0. The van der Waals surface area contributed by atoms with E-state index in [2.05, 4.69) is 72.0 Å². The van der Waals surface area contributed by atoms with E-state index in [4.69, 9.17) is 0 Å². The van der Waals surface area contributed by atoms with Gasteiger partial charge in [0.15, 0.2) is 0 Å². The molecule has 0 radical (unpaired) electrons. The van der Waals surface area contributed by atoms with Crippen LogP contribution in [0.5, 0.6) is 0 Å². The number of halogens is 2. The van der Waals surface area contributed by atoms with Gasteiger partial charge in [0.05, 0.1) is 11.4 Å². The normalized spacial score (nSPS) is 15.5. The number of aryl methyl sites for hydroxylation is 1. The summed E-state index contributed by atoms with van der Waals surface area (Å²) in [5.41, 5.74) is 10.5. The summed E-state index contributed by atoms with van der Waals surface area (Å²) in [7, 11) is 2.17. The third kappa shape index (κ3) is 8.65. The molecule has 1 N–H and O–H groups in total. The van der Waals surface area contributed by atoms with Crippen molar-refractivity contribution in [2.24, 2.45) is 4.99 Å². The Morgan fingerprint density at radius 2 is 1.85 bits per heavy atom. The van der Waals surface area contributed by atoms with Crippen molar-refractivity contribution in [1.29, 1.82) is 0 Å². The molecular weight excluding hydrogens is 492 g/mol. The minimum Gasteiger partial charge on any atom is -0.369 e. The molecule has 5 nitrogen and oxygen atoms in total. The number of nitrogens with one attached hydrogen (secondary N) is 1. The van der Waals surface area contributed by atoms with Crippen molar-refractivity contribution in [3.05, 3.63) is 102 Å². The van der Waals surface area contributed by atoms with Gasteiger partial charge in [-0.05, 0) is 56.1 Å². The van der Waals surface area contributed by atoms with Crippen LogP contribution in [0.2, 0.25) is 0 Å². The number of hydrogen-bond acceptors (Lipinski definition) is 5. The second-order valence-corrected chi connectivity index (χ2v) is 9.60. The van der Waals surface area contributed by atoms with Crippen molar-refractivity contribution >= 4 is 23.3 Å². The van der Waals surface area contributed by atoms with Gasteiger partial charge in [0.2, 0.25) is 6.43 Å². The van der Waals surface area contributed by atoms with Gasteiger partial charge in [0.25, 0.3) is 0 Å². The maximum Gasteiger partial charge on any atom is 0.242 e.